The summed E-state index contributed by atoms with van der Waals surface area (Å²) in [7, 11) is -2.24. The van der Waals surface area contributed by atoms with Crippen molar-refractivity contribution in [2.24, 2.45) is 0 Å². The normalized spacial score (nSPS) is 13.8. The van der Waals surface area contributed by atoms with Crippen LogP contribution in [0.25, 0.3) is 0 Å². The molecule has 1 aliphatic rings. The highest BCUT2D eigenvalue weighted by Crippen LogP contribution is 2.29. The second kappa shape index (κ2) is 12.2. The molecule has 3 aromatic carbocycles. The van der Waals surface area contributed by atoms with Crippen molar-refractivity contribution in [3.63, 3.8) is 0 Å². The molecule has 8 nitrogen and oxygen atoms in total. The molecule has 0 aliphatic carbocycles. The van der Waals surface area contributed by atoms with E-state index in [-0.39, 0.29) is 10.8 Å². The fourth-order valence-corrected chi connectivity index (χ4v) is 5.46. The van der Waals surface area contributed by atoms with Gasteiger partial charge in [-0.05, 0) is 67.4 Å². The van der Waals surface area contributed by atoms with Crippen molar-refractivity contribution in [2.45, 2.75) is 31.6 Å². The second-order valence-electron chi connectivity index (χ2n) is 9.26. The lowest BCUT2D eigenvalue weighted by Crippen LogP contribution is -2.49. The molecule has 0 bridgehead atoms. The summed E-state index contributed by atoms with van der Waals surface area (Å²) in [5.41, 5.74) is 2.54. The van der Waals surface area contributed by atoms with E-state index in [1.165, 1.54) is 12.1 Å². The van der Waals surface area contributed by atoms with Gasteiger partial charge in [-0.15, -0.1) is 0 Å². The van der Waals surface area contributed by atoms with Gasteiger partial charge in [-0.2, -0.15) is 0 Å². The van der Waals surface area contributed by atoms with Gasteiger partial charge in [0.2, 0.25) is 0 Å². The monoisotopic (exact) mass is 537 g/mol. The van der Waals surface area contributed by atoms with Gasteiger partial charge in [0.15, 0.2) is 0 Å². The highest BCUT2D eigenvalue weighted by Gasteiger charge is 2.26. The Hall–Kier alpha value is -3.72. The molecule has 9 heteroatoms. The first-order valence-electron chi connectivity index (χ1n) is 12.9. The Labute approximate surface area is 225 Å². The summed E-state index contributed by atoms with van der Waals surface area (Å²) in [5, 5.41) is 0. The number of aryl methyl sites for hydroxylation is 1. The van der Waals surface area contributed by atoms with Gasteiger partial charge in [-0.1, -0.05) is 31.5 Å². The molecule has 38 heavy (non-hydrogen) atoms. The topological polar surface area (TPSA) is 88.2 Å². The van der Waals surface area contributed by atoms with Crippen LogP contribution in [0.5, 0.6) is 11.5 Å². The van der Waals surface area contributed by atoms with Gasteiger partial charge in [0.05, 0.1) is 24.3 Å². The summed E-state index contributed by atoms with van der Waals surface area (Å²) >= 11 is 0. The Kier molecular flexibility index (Phi) is 8.78. The molecule has 0 aromatic heterocycles. The van der Waals surface area contributed by atoms with Gasteiger partial charge in [-0.3, -0.25) is 9.52 Å². The van der Waals surface area contributed by atoms with Crippen molar-refractivity contribution < 1.29 is 22.7 Å². The zero-order chi connectivity index (χ0) is 27.1. The number of unbranched alkanes of at least 4 members (excludes halogenated alkanes) is 1. The smallest absolute Gasteiger partial charge is 0.261 e. The van der Waals surface area contributed by atoms with E-state index in [1.54, 1.807) is 42.3 Å². The van der Waals surface area contributed by atoms with Crippen LogP contribution >= 0.6 is 0 Å². The number of carbonyl (C=O) groups excluding carboxylic acids is 1. The third kappa shape index (κ3) is 6.39. The van der Waals surface area contributed by atoms with Crippen LogP contribution in [0.2, 0.25) is 0 Å². The zero-order valence-corrected chi connectivity index (χ0v) is 23.0. The second-order valence-corrected chi connectivity index (χ2v) is 10.9. The fraction of sp³-hybridized carbons (Fsp3) is 0.345. The molecule has 1 fully saturated rings. The number of nitrogens with zero attached hydrogens (tertiary/aromatic N) is 2. The first-order valence-corrected chi connectivity index (χ1v) is 14.3. The molecule has 1 N–H and O–H groups in total. The maximum Gasteiger partial charge on any atom is 0.261 e. The predicted molar refractivity (Wildman–Crippen MR) is 150 cm³/mol. The number of benzene rings is 3. The highest BCUT2D eigenvalue weighted by atomic mass is 32.2. The van der Waals surface area contributed by atoms with Gasteiger partial charge in [0, 0.05) is 37.4 Å². The van der Waals surface area contributed by atoms with Crippen molar-refractivity contribution in [3.8, 4) is 11.5 Å². The van der Waals surface area contributed by atoms with Crippen molar-refractivity contribution in [3.05, 3.63) is 77.9 Å². The Bertz CT molecular complexity index is 1350. The van der Waals surface area contributed by atoms with Crippen molar-refractivity contribution in [1.29, 1.82) is 0 Å². The maximum atomic E-state index is 13.4. The molecule has 1 heterocycles. The first-order chi connectivity index (χ1) is 18.3. The van der Waals surface area contributed by atoms with Gasteiger partial charge < -0.3 is 19.3 Å². The molecular formula is C29H35N3O5S. The number of rotatable bonds is 10. The number of piperazine rings is 1. The van der Waals surface area contributed by atoms with Crippen LogP contribution in [-0.2, 0) is 10.0 Å². The number of anilines is 2. The SMILES string of the molecule is CCCCOc1ccc(NS(=O)(=O)c2ccc(C)c(C(=O)N3CCN(c4ccccc4OC)CC3)c2)cc1. The number of para-hydroxylation sites is 2. The van der Waals surface area contributed by atoms with E-state index < -0.39 is 10.0 Å². The number of amides is 1. The van der Waals surface area contributed by atoms with E-state index >= 15 is 0 Å². The quantitative estimate of drug-likeness (QED) is 0.369. The molecule has 0 radical (unpaired) electrons. The average Bonchev–Trinajstić information content (AvgIpc) is 2.94. The van der Waals surface area contributed by atoms with Crippen molar-refractivity contribution >= 4 is 27.3 Å². The van der Waals surface area contributed by atoms with Gasteiger partial charge >= 0.3 is 0 Å². The Morgan fingerprint density at radius 3 is 2.37 bits per heavy atom. The van der Waals surface area contributed by atoms with E-state index in [1.807, 2.05) is 31.2 Å². The molecule has 0 spiro atoms. The van der Waals surface area contributed by atoms with E-state index in [9.17, 15) is 13.2 Å². The summed E-state index contributed by atoms with van der Waals surface area (Å²) < 4.78 is 40.0. The molecule has 0 atom stereocenters. The van der Waals surface area contributed by atoms with Crippen LogP contribution < -0.4 is 19.1 Å². The Balaban J connectivity index is 1.44. The fourth-order valence-electron chi connectivity index (χ4n) is 4.38. The van der Waals surface area contributed by atoms with Gasteiger partial charge in [-0.25, -0.2) is 8.42 Å². The highest BCUT2D eigenvalue weighted by molar-refractivity contribution is 7.92. The molecule has 202 valence electrons. The summed E-state index contributed by atoms with van der Waals surface area (Å²) in [5.74, 6) is 1.32. The van der Waals surface area contributed by atoms with E-state index in [0.29, 0.717) is 49.8 Å². The molecular weight excluding hydrogens is 502 g/mol. The van der Waals surface area contributed by atoms with Crippen LogP contribution in [0.3, 0.4) is 0 Å². The molecule has 0 saturated carbocycles. The number of carbonyl (C=O) groups is 1. The average molecular weight is 538 g/mol. The summed E-state index contributed by atoms with van der Waals surface area (Å²) in [6, 6.07) is 19.3. The third-order valence-corrected chi connectivity index (χ3v) is 7.99. The van der Waals surface area contributed by atoms with Crippen LogP contribution in [0, 0.1) is 6.92 Å². The third-order valence-electron chi connectivity index (χ3n) is 6.62. The summed E-state index contributed by atoms with van der Waals surface area (Å²) in [4.78, 5) is 17.4. The Morgan fingerprint density at radius 1 is 0.974 bits per heavy atom. The lowest BCUT2D eigenvalue weighted by molar-refractivity contribution is 0.0745. The lowest BCUT2D eigenvalue weighted by Gasteiger charge is -2.36. The lowest BCUT2D eigenvalue weighted by atomic mass is 10.1. The predicted octanol–water partition coefficient (Wildman–Crippen LogP) is 4.95. The van der Waals surface area contributed by atoms with Crippen LogP contribution in [-0.4, -0.2) is 59.1 Å². The standard InChI is InChI=1S/C29H35N3O5S/c1-4-5-20-37-24-13-11-23(12-14-24)30-38(34,35)25-15-10-22(2)26(21-25)29(33)32-18-16-31(17-19-32)27-8-6-7-9-28(27)36-3/h6-15,21,30H,4-5,16-20H2,1-3H3. The van der Waals surface area contributed by atoms with Gasteiger partial charge in [0.1, 0.15) is 11.5 Å². The largest absolute Gasteiger partial charge is 0.495 e. The van der Waals surface area contributed by atoms with E-state index in [4.69, 9.17) is 9.47 Å². The minimum absolute atomic E-state index is 0.0439. The zero-order valence-electron chi connectivity index (χ0n) is 22.1. The maximum absolute atomic E-state index is 13.4. The van der Waals surface area contributed by atoms with Crippen molar-refractivity contribution in [1.82, 2.24) is 4.90 Å². The summed E-state index contributed by atoms with van der Waals surface area (Å²) in [6.07, 6.45) is 2.00. The molecule has 3 aromatic rings. The molecule has 1 saturated heterocycles. The number of hydrogen-bond donors (Lipinski definition) is 1. The molecule has 1 amide bonds. The van der Waals surface area contributed by atoms with Crippen LogP contribution in [0.15, 0.2) is 71.6 Å². The molecule has 1 aliphatic heterocycles. The van der Waals surface area contributed by atoms with E-state index in [0.717, 1.165) is 29.8 Å². The van der Waals surface area contributed by atoms with Crippen molar-refractivity contribution in [2.75, 3.05) is 49.5 Å². The van der Waals surface area contributed by atoms with Crippen LogP contribution in [0.4, 0.5) is 11.4 Å². The minimum atomic E-state index is -3.89. The number of methoxy groups -OCH3 is 1. The number of hydrogen-bond acceptors (Lipinski definition) is 6. The first kappa shape index (κ1) is 27.3. The summed E-state index contributed by atoms with van der Waals surface area (Å²) in [6.45, 7) is 6.90. The number of sulfonamides is 1. The molecule has 4 rings (SSSR count). The van der Waals surface area contributed by atoms with E-state index in [2.05, 4.69) is 16.5 Å². The van der Waals surface area contributed by atoms with Gasteiger partial charge in [0.25, 0.3) is 15.9 Å². The molecule has 0 unspecified atom stereocenters. The minimum Gasteiger partial charge on any atom is -0.495 e. The number of ether oxygens (including phenoxy) is 2. The van der Waals surface area contributed by atoms with Crippen LogP contribution in [0.1, 0.15) is 35.7 Å². The Morgan fingerprint density at radius 2 is 1.68 bits per heavy atom. The number of nitrogens with one attached hydrogen (secondary N) is 1.